The van der Waals surface area contributed by atoms with E-state index in [1.807, 2.05) is 0 Å². The Morgan fingerprint density at radius 3 is 2.39 bits per heavy atom. The van der Waals surface area contributed by atoms with Crippen molar-refractivity contribution in [2.75, 3.05) is 20.2 Å². The fourth-order valence-corrected chi connectivity index (χ4v) is 4.77. The van der Waals surface area contributed by atoms with Crippen LogP contribution < -0.4 is 19.9 Å². The molecule has 1 aliphatic rings. The second-order valence-electron chi connectivity index (χ2n) is 6.79. The van der Waals surface area contributed by atoms with Crippen molar-refractivity contribution in [2.45, 2.75) is 31.0 Å². The number of nitrogens with zero attached hydrogens (tertiary/aromatic N) is 1. The largest absolute Gasteiger partial charge is 0.493 e. The number of hydrogen-bond acceptors (Lipinski definition) is 6. The number of hydrogen-bond donors (Lipinski definition) is 1. The number of methoxy groups -OCH3 is 1. The fourth-order valence-electron chi connectivity index (χ4n) is 3.22. The van der Waals surface area contributed by atoms with Gasteiger partial charge in [0.25, 0.3) is 5.91 Å². The van der Waals surface area contributed by atoms with Gasteiger partial charge in [-0.1, -0.05) is 6.07 Å². The Bertz CT molecular complexity index is 1060. The van der Waals surface area contributed by atoms with E-state index in [4.69, 9.17) is 15.2 Å². The van der Waals surface area contributed by atoms with Crippen LogP contribution in [0.5, 0.6) is 17.2 Å². The van der Waals surface area contributed by atoms with Gasteiger partial charge in [-0.2, -0.15) is 13.1 Å². The van der Waals surface area contributed by atoms with Crippen LogP contribution in [0.1, 0.15) is 28.8 Å². The average molecular weight is 456 g/mol. The summed E-state index contributed by atoms with van der Waals surface area (Å²) in [5, 5.41) is 0. The first kappa shape index (κ1) is 22.8. The van der Waals surface area contributed by atoms with Gasteiger partial charge in [0, 0.05) is 13.1 Å². The van der Waals surface area contributed by atoms with Crippen molar-refractivity contribution in [2.24, 2.45) is 5.73 Å². The molecule has 1 amide bonds. The number of halogens is 2. The number of amides is 1. The lowest BCUT2D eigenvalue weighted by Gasteiger charge is -2.17. The molecule has 11 heteroatoms. The maximum Gasteiger partial charge on any atom is 0.387 e. The summed E-state index contributed by atoms with van der Waals surface area (Å²) in [6, 6.07) is 8.18. The number of carbonyl (C=O) groups excluding carboxylic acids is 1. The number of nitrogens with two attached hydrogens (primary N) is 1. The van der Waals surface area contributed by atoms with Crippen molar-refractivity contribution >= 4 is 15.9 Å². The summed E-state index contributed by atoms with van der Waals surface area (Å²) in [6.07, 6.45) is 1.57. The molecule has 168 valence electrons. The Balaban J connectivity index is 1.81. The molecule has 2 aromatic carbocycles. The fraction of sp³-hybridized carbons (Fsp3) is 0.350. The summed E-state index contributed by atoms with van der Waals surface area (Å²) in [4.78, 5) is 11.9. The quantitative estimate of drug-likeness (QED) is 0.622. The molecular weight excluding hydrogens is 434 g/mol. The van der Waals surface area contributed by atoms with Crippen molar-refractivity contribution in [3.05, 3.63) is 47.5 Å². The second kappa shape index (κ2) is 9.48. The molecule has 0 atom stereocenters. The highest BCUT2D eigenvalue weighted by atomic mass is 32.2. The molecule has 8 nitrogen and oxygen atoms in total. The summed E-state index contributed by atoms with van der Waals surface area (Å²) in [6.45, 7) is -2.19. The molecule has 1 heterocycles. The van der Waals surface area contributed by atoms with Gasteiger partial charge < -0.3 is 19.9 Å². The van der Waals surface area contributed by atoms with E-state index in [1.165, 1.54) is 47.8 Å². The first-order valence-corrected chi connectivity index (χ1v) is 10.8. The topological polar surface area (TPSA) is 108 Å². The number of rotatable bonds is 9. The van der Waals surface area contributed by atoms with Gasteiger partial charge in [0.1, 0.15) is 12.4 Å². The third-order valence-corrected chi connectivity index (χ3v) is 6.65. The van der Waals surface area contributed by atoms with Gasteiger partial charge in [0.15, 0.2) is 11.5 Å². The minimum Gasteiger partial charge on any atom is -0.493 e. The van der Waals surface area contributed by atoms with Gasteiger partial charge in [-0.25, -0.2) is 8.42 Å². The monoisotopic (exact) mass is 456 g/mol. The number of sulfonamides is 1. The summed E-state index contributed by atoms with van der Waals surface area (Å²) < 4.78 is 66.8. The zero-order chi connectivity index (χ0) is 22.6. The Labute approximate surface area is 178 Å². The molecule has 1 aliphatic heterocycles. The summed E-state index contributed by atoms with van der Waals surface area (Å²) in [7, 11) is -2.42. The summed E-state index contributed by atoms with van der Waals surface area (Å²) in [5.74, 6) is -0.786. The second-order valence-corrected chi connectivity index (χ2v) is 8.72. The van der Waals surface area contributed by atoms with Crippen molar-refractivity contribution in [1.29, 1.82) is 0 Å². The first-order valence-electron chi connectivity index (χ1n) is 9.41. The molecule has 3 rings (SSSR count). The smallest absolute Gasteiger partial charge is 0.387 e. The van der Waals surface area contributed by atoms with Gasteiger partial charge in [0.2, 0.25) is 10.0 Å². The van der Waals surface area contributed by atoms with Crippen LogP contribution in [-0.2, 0) is 16.6 Å². The van der Waals surface area contributed by atoms with Gasteiger partial charge in [-0.05, 0) is 48.7 Å². The van der Waals surface area contributed by atoms with Crippen LogP contribution in [-0.4, -0.2) is 45.4 Å². The molecule has 2 N–H and O–H groups in total. The van der Waals surface area contributed by atoms with Crippen molar-refractivity contribution in [3.63, 3.8) is 0 Å². The van der Waals surface area contributed by atoms with E-state index in [1.54, 1.807) is 0 Å². The summed E-state index contributed by atoms with van der Waals surface area (Å²) in [5.41, 5.74) is 5.89. The minimum absolute atomic E-state index is 0.0364. The van der Waals surface area contributed by atoms with Gasteiger partial charge in [0.05, 0.1) is 17.6 Å². The number of carbonyl (C=O) groups is 1. The van der Waals surface area contributed by atoms with E-state index in [9.17, 15) is 22.0 Å². The predicted molar refractivity (Wildman–Crippen MR) is 107 cm³/mol. The van der Waals surface area contributed by atoms with Crippen LogP contribution in [0.25, 0.3) is 0 Å². The molecular formula is C20H22F2N2O6S. The van der Waals surface area contributed by atoms with Crippen LogP contribution in [0.4, 0.5) is 8.78 Å². The Kier molecular flexibility index (Phi) is 6.96. The first-order chi connectivity index (χ1) is 14.7. The zero-order valence-corrected chi connectivity index (χ0v) is 17.5. The van der Waals surface area contributed by atoms with Gasteiger partial charge in [-0.15, -0.1) is 0 Å². The minimum atomic E-state index is -3.72. The van der Waals surface area contributed by atoms with E-state index < -0.39 is 22.5 Å². The highest BCUT2D eigenvalue weighted by Crippen LogP contribution is 2.31. The van der Waals surface area contributed by atoms with E-state index in [-0.39, 0.29) is 34.3 Å². The molecule has 0 saturated carbocycles. The van der Waals surface area contributed by atoms with E-state index >= 15 is 0 Å². The predicted octanol–water partition coefficient (Wildman–Crippen LogP) is 2.76. The maximum absolute atomic E-state index is 12.7. The van der Waals surface area contributed by atoms with Crippen molar-refractivity contribution in [1.82, 2.24) is 4.31 Å². The van der Waals surface area contributed by atoms with Crippen molar-refractivity contribution < 1.29 is 36.2 Å². The number of primary amides is 1. The molecule has 0 unspecified atom stereocenters. The molecule has 0 spiro atoms. The molecule has 31 heavy (non-hydrogen) atoms. The highest BCUT2D eigenvalue weighted by Gasteiger charge is 2.28. The lowest BCUT2D eigenvalue weighted by Crippen LogP contribution is -2.28. The van der Waals surface area contributed by atoms with Crippen LogP contribution in [0.3, 0.4) is 0 Å². The van der Waals surface area contributed by atoms with Gasteiger partial charge in [-0.3, -0.25) is 4.79 Å². The van der Waals surface area contributed by atoms with E-state index in [2.05, 4.69) is 4.74 Å². The average Bonchev–Trinajstić information content (AvgIpc) is 3.28. The third kappa shape index (κ3) is 5.23. The lowest BCUT2D eigenvalue weighted by molar-refractivity contribution is -0.0512. The van der Waals surface area contributed by atoms with E-state index in [0.717, 1.165) is 12.8 Å². The number of alkyl halides is 2. The van der Waals surface area contributed by atoms with Crippen LogP contribution in [0.2, 0.25) is 0 Å². The van der Waals surface area contributed by atoms with Crippen LogP contribution in [0, 0.1) is 0 Å². The molecule has 0 radical (unpaired) electrons. The molecule has 0 aliphatic carbocycles. The number of ether oxygens (including phenoxy) is 3. The third-order valence-electron chi connectivity index (χ3n) is 4.76. The van der Waals surface area contributed by atoms with Gasteiger partial charge >= 0.3 is 6.61 Å². The summed E-state index contributed by atoms with van der Waals surface area (Å²) >= 11 is 0. The van der Waals surface area contributed by atoms with Crippen LogP contribution in [0.15, 0.2) is 41.3 Å². The number of benzene rings is 2. The van der Waals surface area contributed by atoms with Crippen molar-refractivity contribution in [3.8, 4) is 17.2 Å². The Hall–Kier alpha value is -2.92. The van der Waals surface area contributed by atoms with E-state index in [0.29, 0.717) is 18.7 Å². The molecule has 1 saturated heterocycles. The molecule has 0 bridgehead atoms. The SMILES string of the molecule is COc1cc(COc2ccc(S(=O)(=O)N3CCCC3)cc2C(N)=O)ccc1OC(F)F. The molecule has 1 fully saturated rings. The van der Waals surface area contributed by atoms with Crippen LogP contribution >= 0.6 is 0 Å². The zero-order valence-electron chi connectivity index (χ0n) is 16.7. The molecule has 2 aromatic rings. The maximum atomic E-state index is 12.7. The highest BCUT2D eigenvalue weighted by molar-refractivity contribution is 7.89. The standard InChI is InChI=1S/C20H22F2N2O6S/c1-28-18-10-13(4-6-17(18)30-20(21)22)12-29-16-7-5-14(11-15(16)19(23)25)31(26,27)24-8-2-3-9-24/h4-7,10-11,20H,2-3,8-9,12H2,1H3,(H2,23,25). The Morgan fingerprint density at radius 2 is 1.77 bits per heavy atom. The Morgan fingerprint density at radius 1 is 1.10 bits per heavy atom. The lowest BCUT2D eigenvalue weighted by atomic mass is 10.2. The molecule has 0 aromatic heterocycles. The normalized spacial score (nSPS) is 14.6.